The zero-order chi connectivity index (χ0) is 10.6. The van der Waals surface area contributed by atoms with Crippen molar-refractivity contribution in [1.29, 1.82) is 0 Å². The molecular weight excluding hydrogens is 186 g/mol. The summed E-state index contributed by atoms with van der Waals surface area (Å²) in [5.74, 6) is -0.866. The Morgan fingerprint density at radius 1 is 1.57 bits per heavy atom. The fourth-order valence-corrected chi connectivity index (χ4v) is 1.10. The highest BCUT2D eigenvalue weighted by Crippen LogP contribution is 2.04. The minimum absolute atomic E-state index is 0.0395. The van der Waals surface area contributed by atoms with Gasteiger partial charge in [0.1, 0.15) is 5.54 Å². The quantitative estimate of drug-likeness (QED) is 0.665. The molecule has 0 spiro atoms. The zero-order valence-electron chi connectivity index (χ0n) is 8.58. The number of carboxylic acid groups (broad SMARTS) is 1. The van der Waals surface area contributed by atoms with Crippen molar-refractivity contribution in [2.45, 2.75) is 25.5 Å². The maximum absolute atomic E-state index is 10.8. The fourth-order valence-electron chi connectivity index (χ4n) is 1.10. The molecule has 1 heterocycles. The molecule has 0 aromatic rings. The molecule has 1 unspecified atom stereocenters. The van der Waals surface area contributed by atoms with Crippen LogP contribution in [0.2, 0.25) is 0 Å². The average molecular weight is 203 g/mol. The molecule has 1 atom stereocenters. The average Bonchev–Trinajstić information content (AvgIpc) is 2.16. The molecule has 0 aromatic heterocycles. The van der Waals surface area contributed by atoms with E-state index in [9.17, 15) is 4.79 Å². The Hall–Kier alpha value is -0.650. The fraction of sp³-hybridized carbons (Fsp3) is 0.889. The molecule has 0 saturated carbocycles. The van der Waals surface area contributed by atoms with Gasteiger partial charge in [-0.05, 0) is 13.8 Å². The molecule has 0 aromatic carbocycles. The number of hydrogen-bond donors (Lipinski definition) is 2. The van der Waals surface area contributed by atoms with Crippen LogP contribution in [0.15, 0.2) is 0 Å². The normalized spacial score (nSPS) is 23.4. The SMILES string of the molecule is CC(C)(NCC1COCCO1)C(=O)O. The van der Waals surface area contributed by atoms with E-state index < -0.39 is 11.5 Å². The number of hydrogen-bond acceptors (Lipinski definition) is 4. The predicted molar refractivity (Wildman–Crippen MR) is 50.3 cm³/mol. The van der Waals surface area contributed by atoms with Crippen molar-refractivity contribution >= 4 is 5.97 Å². The van der Waals surface area contributed by atoms with Gasteiger partial charge in [-0.1, -0.05) is 0 Å². The van der Waals surface area contributed by atoms with Crippen LogP contribution in [0.5, 0.6) is 0 Å². The monoisotopic (exact) mass is 203 g/mol. The first-order valence-electron chi connectivity index (χ1n) is 4.70. The summed E-state index contributed by atoms with van der Waals surface area (Å²) in [7, 11) is 0. The van der Waals surface area contributed by atoms with Gasteiger partial charge in [-0.2, -0.15) is 0 Å². The van der Waals surface area contributed by atoms with Crippen LogP contribution >= 0.6 is 0 Å². The number of rotatable bonds is 4. The minimum Gasteiger partial charge on any atom is -0.480 e. The number of carbonyl (C=O) groups is 1. The summed E-state index contributed by atoms with van der Waals surface area (Å²) in [5.41, 5.74) is -0.916. The van der Waals surface area contributed by atoms with Gasteiger partial charge in [-0.25, -0.2) is 0 Å². The second-order valence-electron chi connectivity index (χ2n) is 3.88. The standard InChI is InChI=1S/C9H17NO4/c1-9(2,8(11)12)10-5-7-6-13-3-4-14-7/h7,10H,3-6H2,1-2H3,(H,11,12). The van der Waals surface area contributed by atoms with Crippen molar-refractivity contribution in [3.63, 3.8) is 0 Å². The molecule has 0 aliphatic carbocycles. The Bertz CT molecular complexity index is 199. The highest BCUT2D eigenvalue weighted by atomic mass is 16.6. The molecule has 1 fully saturated rings. The summed E-state index contributed by atoms with van der Waals surface area (Å²) in [4.78, 5) is 10.8. The van der Waals surface area contributed by atoms with E-state index >= 15 is 0 Å². The summed E-state index contributed by atoms with van der Waals surface area (Å²) in [6, 6.07) is 0. The molecule has 0 amide bonds. The van der Waals surface area contributed by atoms with Gasteiger partial charge in [0, 0.05) is 6.54 Å². The Balaban J connectivity index is 2.28. The third-order valence-corrected chi connectivity index (χ3v) is 2.19. The van der Waals surface area contributed by atoms with Crippen LogP contribution in [-0.2, 0) is 14.3 Å². The highest BCUT2D eigenvalue weighted by molar-refractivity contribution is 5.77. The summed E-state index contributed by atoms with van der Waals surface area (Å²) in [5, 5.41) is 11.8. The molecule has 5 nitrogen and oxygen atoms in total. The van der Waals surface area contributed by atoms with Crippen LogP contribution in [0, 0.1) is 0 Å². The van der Waals surface area contributed by atoms with Crippen LogP contribution in [0.3, 0.4) is 0 Å². The number of ether oxygens (including phenoxy) is 2. The van der Waals surface area contributed by atoms with E-state index in [0.29, 0.717) is 26.4 Å². The van der Waals surface area contributed by atoms with Gasteiger partial charge in [0.05, 0.1) is 25.9 Å². The van der Waals surface area contributed by atoms with Crippen LogP contribution in [0.25, 0.3) is 0 Å². The van der Waals surface area contributed by atoms with E-state index in [1.165, 1.54) is 0 Å². The van der Waals surface area contributed by atoms with E-state index in [4.69, 9.17) is 14.6 Å². The summed E-state index contributed by atoms with van der Waals surface area (Å²) >= 11 is 0. The van der Waals surface area contributed by atoms with Crippen molar-refractivity contribution in [3.05, 3.63) is 0 Å². The first-order chi connectivity index (χ1) is 6.52. The van der Waals surface area contributed by atoms with Gasteiger partial charge in [-0.15, -0.1) is 0 Å². The Morgan fingerprint density at radius 2 is 2.29 bits per heavy atom. The molecule has 82 valence electrons. The van der Waals surface area contributed by atoms with Gasteiger partial charge >= 0.3 is 5.97 Å². The highest BCUT2D eigenvalue weighted by Gasteiger charge is 2.27. The molecule has 1 aliphatic heterocycles. The molecule has 1 aliphatic rings. The Kier molecular flexibility index (Phi) is 3.86. The van der Waals surface area contributed by atoms with Gasteiger partial charge in [0.2, 0.25) is 0 Å². The van der Waals surface area contributed by atoms with Crippen molar-refractivity contribution in [2.75, 3.05) is 26.4 Å². The number of aliphatic carboxylic acids is 1. The first kappa shape index (κ1) is 11.4. The van der Waals surface area contributed by atoms with E-state index in [-0.39, 0.29) is 6.10 Å². The Labute approximate surface area is 83.4 Å². The molecule has 1 saturated heterocycles. The van der Waals surface area contributed by atoms with Crippen molar-refractivity contribution in [3.8, 4) is 0 Å². The largest absolute Gasteiger partial charge is 0.480 e. The number of nitrogens with one attached hydrogen (secondary N) is 1. The van der Waals surface area contributed by atoms with Gasteiger partial charge in [0.25, 0.3) is 0 Å². The third-order valence-electron chi connectivity index (χ3n) is 2.19. The van der Waals surface area contributed by atoms with Crippen LogP contribution in [-0.4, -0.2) is 49.1 Å². The first-order valence-corrected chi connectivity index (χ1v) is 4.70. The molecule has 14 heavy (non-hydrogen) atoms. The van der Waals surface area contributed by atoms with Gasteiger partial charge in [0.15, 0.2) is 0 Å². The molecule has 2 N–H and O–H groups in total. The smallest absolute Gasteiger partial charge is 0.323 e. The maximum atomic E-state index is 10.8. The van der Waals surface area contributed by atoms with Crippen molar-refractivity contribution in [2.24, 2.45) is 0 Å². The van der Waals surface area contributed by atoms with Crippen molar-refractivity contribution < 1.29 is 19.4 Å². The van der Waals surface area contributed by atoms with E-state index in [1.54, 1.807) is 13.8 Å². The predicted octanol–water partition coefficient (Wildman–Crippen LogP) is -0.145. The lowest BCUT2D eigenvalue weighted by Gasteiger charge is -2.27. The van der Waals surface area contributed by atoms with Crippen molar-refractivity contribution in [1.82, 2.24) is 5.32 Å². The zero-order valence-corrected chi connectivity index (χ0v) is 8.58. The summed E-state index contributed by atoms with van der Waals surface area (Å²) < 4.78 is 10.6. The topological polar surface area (TPSA) is 67.8 Å². The summed E-state index contributed by atoms with van der Waals surface area (Å²) in [6.45, 7) is 5.48. The number of carboxylic acids is 1. The molecular formula is C9H17NO4. The van der Waals surface area contributed by atoms with Crippen LogP contribution < -0.4 is 5.32 Å². The molecule has 0 radical (unpaired) electrons. The summed E-state index contributed by atoms with van der Waals surface area (Å²) in [6.07, 6.45) is -0.0395. The molecule has 5 heteroatoms. The van der Waals surface area contributed by atoms with E-state index in [2.05, 4.69) is 5.32 Å². The Morgan fingerprint density at radius 3 is 2.79 bits per heavy atom. The van der Waals surface area contributed by atoms with Gasteiger partial charge < -0.3 is 14.6 Å². The second kappa shape index (κ2) is 4.72. The van der Waals surface area contributed by atoms with Crippen LogP contribution in [0.1, 0.15) is 13.8 Å². The van der Waals surface area contributed by atoms with Crippen LogP contribution in [0.4, 0.5) is 0 Å². The lowest BCUT2D eigenvalue weighted by molar-refractivity contribution is -0.144. The lowest BCUT2D eigenvalue weighted by atomic mass is 10.1. The van der Waals surface area contributed by atoms with Gasteiger partial charge in [-0.3, -0.25) is 10.1 Å². The molecule has 0 bridgehead atoms. The third kappa shape index (κ3) is 3.25. The van der Waals surface area contributed by atoms with E-state index in [1.807, 2.05) is 0 Å². The lowest BCUT2D eigenvalue weighted by Crippen LogP contribution is -2.51. The molecule has 1 rings (SSSR count). The van der Waals surface area contributed by atoms with E-state index in [0.717, 1.165) is 0 Å². The second-order valence-corrected chi connectivity index (χ2v) is 3.88. The maximum Gasteiger partial charge on any atom is 0.323 e. The minimum atomic E-state index is -0.916.